The first-order valence-corrected chi connectivity index (χ1v) is 9.85. The highest BCUT2D eigenvalue weighted by Gasteiger charge is 2.18. The molecule has 0 unspecified atom stereocenters. The molecule has 26 heavy (non-hydrogen) atoms. The predicted octanol–water partition coefficient (Wildman–Crippen LogP) is 2.05. The van der Waals surface area contributed by atoms with Crippen LogP contribution in [0.4, 0.5) is 0 Å². The van der Waals surface area contributed by atoms with Gasteiger partial charge in [0.15, 0.2) is 21.3 Å². The number of hydrogen-bond donors (Lipinski definition) is 0. The lowest BCUT2D eigenvalue weighted by Crippen LogP contribution is -2.16. The highest BCUT2D eigenvalue weighted by molar-refractivity contribution is 7.91. The van der Waals surface area contributed by atoms with Crippen LogP contribution in [0.3, 0.4) is 0 Å². The topological polar surface area (TPSA) is 83.3 Å². The number of aromatic nitrogens is 3. The van der Waals surface area contributed by atoms with Gasteiger partial charge in [-0.1, -0.05) is 18.2 Å². The van der Waals surface area contributed by atoms with Crippen LogP contribution in [0.2, 0.25) is 0 Å². The summed E-state index contributed by atoms with van der Waals surface area (Å²) in [7, 11) is -3.38. The zero-order chi connectivity index (χ0) is 18.0. The zero-order valence-corrected chi connectivity index (χ0v) is 14.7. The monoisotopic (exact) mass is 371 g/mol. The predicted molar refractivity (Wildman–Crippen MR) is 94.5 cm³/mol. The Balaban J connectivity index is 1.56. The summed E-state index contributed by atoms with van der Waals surface area (Å²) < 4.78 is 37.7. The van der Waals surface area contributed by atoms with E-state index in [1.54, 1.807) is 35.0 Å². The average Bonchev–Trinajstić information content (AvgIpc) is 3.15. The fourth-order valence-electron chi connectivity index (χ4n) is 2.79. The van der Waals surface area contributed by atoms with Crippen LogP contribution < -0.4 is 9.47 Å². The molecule has 8 heteroatoms. The van der Waals surface area contributed by atoms with Gasteiger partial charge in [0.05, 0.1) is 16.3 Å². The number of hydrogen-bond acceptors (Lipinski definition) is 6. The first-order valence-electron chi connectivity index (χ1n) is 8.20. The van der Waals surface area contributed by atoms with Gasteiger partial charge in [-0.15, -0.1) is 0 Å². The molecule has 134 valence electrons. The van der Waals surface area contributed by atoms with Crippen molar-refractivity contribution in [1.82, 2.24) is 14.8 Å². The van der Waals surface area contributed by atoms with Gasteiger partial charge in [0.25, 0.3) is 0 Å². The molecule has 1 aliphatic rings. The second kappa shape index (κ2) is 6.80. The van der Waals surface area contributed by atoms with Crippen molar-refractivity contribution in [1.29, 1.82) is 0 Å². The first kappa shape index (κ1) is 16.6. The Morgan fingerprint density at radius 2 is 1.77 bits per heavy atom. The normalized spacial score (nSPS) is 13.5. The van der Waals surface area contributed by atoms with Gasteiger partial charge in [-0.05, 0) is 24.3 Å². The SMILES string of the molecule is O=S(=O)(CCc1ncnn1-c1ccc2c(c1)OCCO2)c1ccccc1. The van der Waals surface area contributed by atoms with E-state index in [4.69, 9.17) is 9.47 Å². The summed E-state index contributed by atoms with van der Waals surface area (Å²) in [6.07, 6.45) is 1.67. The summed E-state index contributed by atoms with van der Waals surface area (Å²) in [4.78, 5) is 4.53. The Hall–Kier alpha value is -2.87. The highest BCUT2D eigenvalue weighted by atomic mass is 32.2. The maximum Gasteiger partial charge on any atom is 0.178 e. The Morgan fingerprint density at radius 3 is 2.58 bits per heavy atom. The number of sulfone groups is 1. The van der Waals surface area contributed by atoms with E-state index < -0.39 is 9.84 Å². The molecule has 4 rings (SSSR count). The molecule has 0 N–H and O–H groups in total. The van der Waals surface area contributed by atoms with Gasteiger partial charge < -0.3 is 9.47 Å². The molecule has 3 aromatic rings. The van der Waals surface area contributed by atoms with Crippen LogP contribution in [0.5, 0.6) is 11.5 Å². The lowest BCUT2D eigenvalue weighted by atomic mass is 10.2. The summed E-state index contributed by atoms with van der Waals surface area (Å²) in [6.45, 7) is 1.02. The molecule has 0 aliphatic carbocycles. The van der Waals surface area contributed by atoms with E-state index in [0.29, 0.717) is 35.4 Å². The molecule has 0 fully saturated rings. The number of aryl methyl sites for hydroxylation is 1. The maximum absolute atomic E-state index is 12.5. The molecular weight excluding hydrogens is 354 g/mol. The second-order valence-electron chi connectivity index (χ2n) is 5.80. The van der Waals surface area contributed by atoms with Crippen molar-refractivity contribution in [2.45, 2.75) is 11.3 Å². The fourth-order valence-corrected chi connectivity index (χ4v) is 4.05. The van der Waals surface area contributed by atoms with E-state index in [-0.39, 0.29) is 12.2 Å². The lowest BCUT2D eigenvalue weighted by Gasteiger charge is -2.19. The number of rotatable bonds is 5. The van der Waals surface area contributed by atoms with E-state index in [0.717, 1.165) is 5.69 Å². The smallest absolute Gasteiger partial charge is 0.178 e. The molecule has 2 heterocycles. The Kier molecular flexibility index (Phi) is 4.34. The second-order valence-corrected chi connectivity index (χ2v) is 7.91. The zero-order valence-electron chi connectivity index (χ0n) is 13.9. The third-order valence-electron chi connectivity index (χ3n) is 4.09. The Bertz CT molecular complexity index is 1020. The quantitative estimate of drug-likeness (QED) is 0.683. The molecule has 0 radical (unpaired) electrons. The highest BCUT2D eigenvalue weighted by Crippen LogP contribution is 2.32. The summed E-state index contributed by atoms with van der Waals surface area (Å²) in [5.41, 5.74) is 0.749. The summed E-state index contributed by atoms with van der Waals surface area (Å²) in [5, 5.41) is 4.22. The Morgan fingerprint density at radius 1 is 1.00 bits per heavy atom. The van der Waals surface area contributed by atoms with Crippen molar-refractivity contribution < 1.29 is 17.9 Å². The van der Waals surface area contributed by atoms with Gasteiger partial charge in [0, 0.05) is 12.5 Å². The van der Waals surface area contributed by atoms with Gasteiger partial charge in [0.1, 0.15) is 25.4 Å². The Labute approximate surface area is 151 Å². The third kappa shape index (κ3) is 3.28. The van der Waals surface area contributed by atoms with E-state index in [2.05, 4.69) is 10.1 Å². The molecule has 0 spiro atoms. The molecular formula is C18H17N3O4S. The van der Waals surface area contributed by atoms with E-state index in [9.17, 15) is 8.42 Å². The van der Waals surface area contributed by atoms with E-state index >= 15 is 0 Å². The van der Waals surface area contributed by atoms with Crippen LogP contribution in [0.15, 0.2) is 59.8 Å². The molecule has 2 aromatic carbocycles. The van der Waals surface area contributed by atoms with Crippen LogP contribution in [-0.2, 0) is 16.3 Å². The van der Waals surface area contributed by atoms with Crippen LogP contribution in [0, 0.1) is 0 Å². The summed E-state index contributed by atoms with van der Waals surface area (Å²) in [5.74, 6) is 1.86. The van der Waals surface area contributed by atoms with Crippen LogP contribution >= 0.6 is 0 Å². The van der Waals surface area contributed by atoms with Crippen molar-refractivity contribution in [3.8, 4) is 17.2 Å². The van der Waals surface area contributed by atoms with E-state index in [1.807, 2.05) is 18.2 Å². The van der Waals surface area contributed by atoms with Crippen molar-refractivity contribution >= 4 is 9.84 Å². The fraction of sp³-hybridized carbons (Fsp3) is 0.222. The van der Waals surface area contributed by atoms with Gasteiger partial charge in [-0.25, -0.2) is 18.1 Å². The largest absolute Gasteiger partial charge is 0.486 e. The minimum Gasteiger partial charge on any atom is -0.486 e. The number of benzene rings is 2. The first-order chi connectivity index (χ1) is 12.6. The lowest BCUT2D eigenvalue weighted by molar-refractivity contribution is 0.171. The summed E-state index contributed by atoms with van der Waals surface area (Å²) >= 11 is 0. The molecule has 0 atom stereocenters. The van der Waals surface area contributed by atoms with Crippen molar-refractivity contribution in [3.05, 3.63) is 60.7 Å². The number of nitrogens with zero attached hydrogens (tertiary/aromatic N) is 3. The van der Waals surface area contributed by atoms with Gasteiger partial charge in [-0.2, -0.15) is 5.10 Å². The molecule has 0 saturated heterocycles. The number of ether oxygens (including phenoxy) is 2. The molecule has 0 amide bonds. The van der Waals surface area contributed by atoms with Gasteiger partial charge in [0.2, 0.25) is 0 Å². The van der Waals surface area contributed by atoms with E-state index in [1.165, 1.54) is 6.33 Å². The van der Waals surface area contributed by atoms with Crippen molar-refractivity contribution in [2.75, 3.05) is 19.0 Å². The average molecular weight is 371 g/mol. The van der Waals surface area contributed by atoms with Crippen molar-refractivity contribution in [3.63, 3.8) is 0 Å². The van der Waals surface area contributed by atoms with Crippen LogP contribution in [-0.4, -0.2) is 42.1 Å². The van der Waals surface area contributed by atoms with Gasteiger partial charge in [-0.3, -0.25) is 0 Å². The molecule has 0 bridgehead atoms. The molecule has 0 saturated carbocycles. The minimum atomic E-state index is -3.38. The van der Waals surface area contributed by atoms with Gasteiger partial charge >= 0.3 is 0 Å². The summed E-state index contributed by atoms with van der Waals surface area (Å²) in [6, 6.07) is 13.9. The molecule has 1 aliphatic heterocycles. The van der Waals surface area contributed by atoms with Crippen LogP contribution in [0.25, 0.3) is 5.69 Å². The van der Waals surface area contributed by atoms with Crippen LogP contribution in [0.1, 0.15) is 5.82 Å². The maximum atomic E-state index is 12.5. The van der Waals surface area contributed by atoms with Crippen molar-refractivity contribution in [2.24, 2.45) is 0 Å². The standard InChI is InChI=1S/C18H17N3O4S/c22-26(23,15-4-2-1-3-5-15)11-8-18-19-13-20-21(18)14-6-7-16-17(12-14)25-10-9-24-16/h1-7,12-13H,8-11H2. The number of fused-ring (bicyclic) bond motifs is 1. The molecule has 1 aromatic heterocycles. The minimum absolute atomic E-state index is 0.0414. The third-order valence-corrected chi connectivity index (χ3v) is 5.82. The molecule has 7 nitrogen and oxygen atoms in total.